The number of fused-ring (bicyclic) bond motifs is 1. The van der Waals surface area contributed by atoms with Gasteiger partial charge in [0.2, 0.25) is 0 Å². The maximum Gasteiger partial charge on any atom is 0.345 e. The Hall–Kier alpha value is -4.40. The lowest BCUT2D eigenvalue weighted by atomic mass is 10.1. The highest BCUT2D eigenvalue weighted by Crippen LogP contribution is 2.35. The summed E-state index contributed by atoms with van der Waals surface area (Å²) in [4.78, 5) is 16.4. The van der Waals surface area contributed by atoms with Crippen LogP contribution in [0.2, 0.25) is 0 Å². The number of rotatable bonds is 7. The van der Waals surface area contributed by atoms with Crippen molar-refractivity contribution in [3.05, 3.63) is 120 Å². The molecule has 40 heavy (non-hydrogen) atoms. The maximum absolute atomic E-state index is 12.7. The minimum atomic E-state index is -0.994. The van der Waals surface area contributed by atoms with Gasteiger partial charge in [-0.05, 0) is 75.2 Å². The van der Waals surface area contributed by atoms with Gasteiger partial charge in [-0.15, -0.1) is 0 Å². The summed E-state index contributed by atoms with van der Waals surface area (Å²) in [6, 6.07) is 33.0. The number of furan rings is 1. The molecule has 0 aliphatic heterocycles. The van der Waals surface area contributed by atoms with Crippen molar-refractivity contribution in [1.29, 1.82) is 0 Å². The molecule has 0 fully saturated rings. The third kappa shape index (κ3) is 6.25. The average Bonchev–Trinajstić information content (AvgIpc) is 3.36. The van der Waals surface area contributed by atoms with E-state index in [4.69, 9.17) is 13.9 Å². The van der Waals surface area contributed by atoms with Gasteiger partial charge in [-0.2, -0.15) is 0 Å². The van der Waals surface area contributed by atoms with E-state index in [1.165, 1.54) is 14.7 Å². The zero-order valence-corrected chi connectivity index (χ0v) is 23.9. The van der Waals surface area contributed by atoms with E-state index in [0.717, 1.165) is 27.7 Å². The van der Waals surface area contributed by atoms with E-state index in [1.807, 2.05) is 50.2 Å². The first-order valence-corrected chi connectivity index (χ1v) is 14.3. The Morgan fingerprint density at radius 3 is 2.02 bits per heavy atom. The van der Waals surface area contributed by atoms with Crippen molar-refractivity contribution in [3.8, 4) is 17.6 Å². The number of benzene rings is 4. The number of hydrogen-bond acceptors (Lipinski definition) is 4. The molecule has 0 unspecified atom stereocenters. The Morgan fingerprint density at radius 2 is 1.40 bits per heavy atom. The second-order valence-corrected chi connectivity index (χ2v) is 12.0. The van der Waals surface area contributed by atoms with Crippen LogP contribution in [-0.4, -0.2) is 18.2 Å². The quantitative estimate of drug-likeness (QED) is 0.118. The van der Waals surface area contributed by atoms with Crippen LogP contribution in [-0.2, 0) is 20.4 Å². The monoisotopic (exact) mass is 547 g/mol. The van der Waals surface area contributed by atoms with Gasteiger partial charge in [-0.1, -0.05) is 60.4 Å². The number of esters is 1. The zero-order chi connectivity index (χ0) is 28.1. The predicted octanol–water partition coefficient (Wildman–Crippen LogP) is 7.90. The smallest absolute Gasteiger partial charge is 0.345 e. The molecule has 5 rings (SSSR count). The number of aryl methyl sites for hydroxylation is 2. The molecule has 0 aliphatic carbocycles. The first-order chi connectivity index (χ1) is 19.3. The van der Waals surface area contributed by atoms with Crippen molar-refractivity contribution in [2.45, 2.75) is 48.0 Å². The molecule has 0 N–H and O–H groups in total. The molecule has 5 heteroatoms. The zero-order valence-electron chi connectivity index (χ0n) is 23.1. The lowest BCUT2D eigenvalue weighted by Crippen LogP contribution is -2.29. The van der Waals surface area contributed by atoms with Crippen LogP contribution in [0.3, 0.4) is 0 Å². The van der Waals surface area contributed by atoms with Crippen molar-refractivity contribution in [3.63, 3.8) is 0 Å². The van der Waals surface area contributed by atoms with E-state index in [-0.39, 0.29) is 17.5 Å². The summed E-state index contributed by atoms with van der Waals surface area (Å²) in [5, 5.41) is 0.928. The van der Waals surface area contributed by atoms with Crippen LogP contribution >= 0.6 is 0 Å². The largest absolute Gasteiger partial charge is 0.481 e. The van der Waals surface area contributed by atoms with Gasteiger partial charge in [0.25, 0.3) is 0 Å². The van der Waals surface area contributed by atoms with E-state index in [2.05, 4.69) is 72.5 Å². The van der Waals surface area contributed by atoms with E-state index in [1.54, 1.807) is 20.1 Å². The number of para-hydroxylation sites is 1. The normalized spacial score (nSPS) is 11.2. The predicted molar refractivity (Wildman–Crippen MR) is 160 cm³/mol. The highest BCUT2D eigenvalue weighted by molar-refractivity contribution is 7.97. The van der Waals surface area contributed by atoms with Crippen molar-refractivity contribution in [2.24, 2.45) is 0 Å². The van der Waals surface area contributed by atoms with E-state index in [9.17, 15) is 4.79 Å². The lowest BCUT2D eigenvalue weighted by Gasteiger charge is -2.19. The van der Waals surface area contributed by atoms with Crippen molar-refractivity contribution >= 4 is 27.8 Å². The van der Waals surface area contributed by atoms with Crippen LogP contribution in [0.25, 0.3) is 11.0 Å². The Morgan fingerprint density at radius 1 is 0.825 bits per heavy atom. The Labute approximate surface area is 238 Å². The highest BCUT2D eigenvalue weighted by atomic mass is 32.2. The Kier molecular flexibility index (Phi) is 8.00. The summed E-state index contributed by atoms with van der Waals surface area (Å²) in [5.74, 6) is 6.35. The molecule has 0 radical (unpaired) electrons. The molecule has 200 valence electrons. The van der Waals surface area contributed by atoms with Gasteiger partial charge in [0, 0.05) is 17.5 Å². The summed E-state index contributed by atoms with van der Waals surface area (Å²) in [6.07, 6.45) is 1.62. The van der Waals surface area contributed by atoms with Crippen molar-refractivity contribution in [1.82, 2.24) is 0 Å². The number of carbonyl (C=O) groups is 1. The summed E-state index contributed by atoms with van der Waals surface area (Å²) in [6.45, 7) is 7.35. The first kappa shape index (κ1) is 27.2. The van der Waals surface area contributed by atoms with Gasteiger partial charge < -0.3 is 13.9 Å². The highest BCUT2D eigenvalue weighted by Gasteiger charge is 2.30. The molecule has 0 atom stereocenters. The molecule has 4 nitrogen and oxygen atoms in total. The third-order valence-corrected chi connectivity index (χ3v) is 8.50. The van der Waals surface area contributed by atoms with Gasteiger partial charge in [0.15, 0.2) is 26.9 Å². The van der Waals surface area contributed by atoms with Crippen molar-refractivity contribution in [2.75, 3.05) is 6.61 Å². The second-order valence-electron chi connectivity index (χ2n) is 9.99. The van der Waals surface area contributed by atoms with Crippen LogP contribution in [0.15, 0.2) is 122 Å². The lowest BCUT2D eigenvalue weighted by molar-refractivity contribution is -0.154. The number of carbonyl (C=O) groups excluding carboxylic acids is 1. The van der Waals surface area contributed by atoms with Gasteiger partial charge in [-0.3, -0.25) is 0 Å². The van der Waals surface area contributed by atoms with Crippen LogP contribution in [0.1, 0.15) is 30.5 Å². The molecule has 0 saturated carbocycles. The topological polar surface area (TPSA) is 48.7 Å². The fourth-order valence-electron chi connectivity index (χ4n) is 4.54. The molecule has 1 aromatic heterocycles. The molecule has 5 aromatic rings. The van der Waals surface area contributed by atoms with Gasteiger partial charge in [0.1, 0.15) is 17.6 Å². The van der Waals surface area contributed by atoms with Crippen LogP contribution in [0.4, 0.5) is 0 Å². The molecular weight excluding hydrogens is 516 g/mol. The number of ether oxygens (including phenoxy) is 2. The Bertz CT molecular complexity index is 1630. The average molecular weight is 548 g/mol. The SMILES string of the molecule is Cc1cc([S+](c2ccccc2)c2ccccc2)cc(C)c1OCC(=O)OC(C)(C)C#Cc1coc2ccccc12. The molecule has 0 saturated heterocycles. The molecule has 0 bridgehead atoms. The van der Waals surface area contributed by atoms with Gasteiger partial charge in [-0.25, -0.2) is 4.79 Å². The van der Waals surface area contributed by atoms with Crippen LogP contribution < -0.4 is 4.74 Å². The molecule has 1 heterocycles. The fourth-order valence-corrected chi connectivity index (χ4v) is 6.80. The summed E-state index contributed by atoms with van der Waals surface area (Å²) < 4.78 is 17.2. The fraction of sp³-hybridized carbons (Fsp3) is 0.171. The first-order valence-electron chi connectivity index (χ1n) is 13.1. The summed E-state index contributed by atoms with van der Waals surface area (Å²) in [7, 11) is -0.263. The number of hydrogen-bond donors (Lipinski definition) is 0. The van der Waals surface area contributed by atoms with Crippen LogP contribution in [0, 0.1) is 25.7 Å². The molecule has 0 amide bonds. The molecule has 4 aromatic carbocycles. The second kappa shape index (κ2) is 11.8. The standard InChI is InChI=1S/C35H31O4S/c1-25-21-30(40(28-13-7-5-8-14-28)29-15-9-6-10-16-29)22-26(2)34(25)38-24-33(36)39-35(3,4)20-19-27-23-37-32-18-12-11-17-31(27)32/h5-18,21-23H,24H2,1-4H3/q+1. The molecular formula is C35H31O4S+. The summed E-state index contributed by atoms with van der Waals surface area (Å²) in [5.41, 5.74) is 2.47. The molecule has 0 spiro atoms. The minimum Gasteiger partial charge on any atom is -0.481 e. The third-order valence-electron chi connectivity index (χ3n) is 6.31. The van der Waals surface area contributed by atoms with E-state index >= 15 is 0 Å². The summed E-state index contributed by atoms with van der Waals surface area (Å²) >= 11 is 0. The molecule has 0 aliphatic rings. The van der Waals surface area contributed by atoms with Gasteiger partial charge in [0.05, 0.1) is 16.5 Å². The Balaban J connectivity index is 1.30. The minimum absolute atomic E-state index is 0.205. The maximum atomic E-state index is 12.7. The van der Waals surface area contributed by atoms with E-state index < -0.39 is 11.6 Å². The van der Waals surface area contributed by atoms with E-state index in [0.29, 0.717) is 5.75 Å². The van der Waals surface area contributed by atoms with Crippen LogP contribution in [0.5, 0.6) is 5.75 Å². The van der Waals surface area contributed by atoms with Gasteiger partial charge >= 0.3 is 5.97 Å². The van der Waals surface area contributed by atoms with Crippen molar-refractivity contribution < 1.29 is 18.7 Å².